The van der Waals surface area contributed by atoms with Crippen molar-refractivity contribution in [2.45, 2.75) is 19.9 Å². The van der Waals surface area contributed by atoms with E-state index in [0.717, 1.165) is 0 Å². The van der Waals surface area contributed by atoms with E-state index < -0.39 is 11.9 Å². The molecule has 26 heavy (non-hydrogen) atoms. The zero-order chi connectivity index (χ0) is 19.1. The number of nitrogens with one attached hydrogen (secondary N) is 1. The van der Waals surface area contributed by atoms with Gasteiger partial charge in [0.1, 0.15) is 18.4 Å². The summed E-state index contributed by atoms with van der Waals surface area (Å²) in [6.45, 7) is 4.45. The van der Waals surface area contributed by atoms with Crippen molar-refractivity contribution < 1.29 is 18.7 Å². The summed E-state index contributed by atoms with van der Waals surface area (Å²) in [6.07, 6.45) is 1.42. The van der Waals surface area contributed by atoms with E-state index >= 15 is 0 Å². The Kier molecular flexibility index (Phi) is 7.09. The van der Waals surface area contributed by atoms with Crippen LogP contribution in [0.3, 0.4) is 0 Å². The van der Waals surface area contributed by atoms with Gasteiger partial charge in [-0.2, -0.15) is 0 Å². The first-order valence-corrected chi connectivity index (χ1v) is 8.74. The number of likely N-dealkylation sites (N-methyl/N-ethyl adjacent to an activating group) is 1. The Morgan fingerprint density at radius 1 is 1.27 bits per heavy atom. The monoisotopic (exact) mass is 378 g/mol. The number of halogens is 1. The Morgan fingerprint density at radius 2 is 2.04 bits per heavy atom. The maximum absolute atomic E-state index is 12.7. The fourth-order valence-corrected chi connectivity index (χ4v) is 2.52. The molecule has 0 spiro atoms. The molecule has 1 heterocycles. The summed E-state index contributed by atoms with van der Waals surface area (Å²) in [5.41, 5.74) is 0. The Morgan fingerprint density at radius 3 is 2.65 bits per heavy atom. The fourth-order valence-electron chi connectivity index (χ4n) is 2.34. The number of amides is 2. The summed E-state index contributed by atoms with van der Waals surface area (Å²) < 4.78 is 10.7. The largest absolute Gasteiger partial charge is 0.492 e. The molecule has 0 bridgehead atoms. The number of rotatable bonds is 8. The summed E-state index contributed by atoms with van der Waals surface area (Å²) in [7, 11) is 1.68. The van der Waals surface area contributed by atoms with Crippen LogP contribution in [0.15, 0.2) is 47.1 Å². The molecular weight excluding hydrogens is 356 g/mol. The van der Waals surface area contributed by atoms with Gasteiger partial charge < -0.3 is 19.4 Å². The van der Waals surface area contributed by atoms with E-state index in [4.69, 9.17) is 20.8 Å². The summed E-state index contributed by atoms with van der Waals surface area (Å²) >= 11 is 5.91. The van der Waals surface area contributed by atoms with E-state index in [1.807, 2.05) is 13.8 Å². The Hall–Kier alpha value is -2.47. The first-order chi connectivity index (χ1) is 12.4. The summed E-state index contributed by atoms with van der Waals surface area (Å²) in [5, 5.41) is 3.32. The van der Waals surface area contributed by atoms with Gasteiger partial charge in [-0.1, -0.05) is 31.5 Å². The van der Waals surface area contributed by atoms with Crippen LogP contribution in [0.25, 0.3) is 0 Å². The molecule has 0 aliphatic rings. The average Bonchev–Trinajstić information content (AvgIpc) is 3.13. The van der Waals surface area contributed by atoms with Crippen molar-refractivity contribution in [3.05, 3.63) is 53.4 Å². The number of carbonyl (C=O) groups is 2. The first kappa shape index (κ1) is 19.8. The van der Waals surface area contributed by atoms with Crippen LogP contribution in [0.1, 0.15) is 24.4 Å². The topological polar surface area (TPSA) is 71.8 Å². The van der Waals surface area contributed by atoms with Crippen molar-refractivity contribution in [3.63, 3.8) is 0 Å². The van der Waals surface area contributed by atoms with E-state index in [9.17, 15) is 9.59 Å². The minimum atomic E-state index is -0.649. The molecule has 7 heteroatoms. The number of furan rings is 1. The lowest BCUT2D eigenvalue weighted by Crippen LogP contribution is -2.50. The molecule has 0 saturated carbocycles. The van der Waals surface area contributed by atoms with E-state index in [2.05, 4.69) is 5.32 Å². The molecule has 6 nitrogen and oxygen atoms in total. The lowest BCUT2D eigenvalue weighted by molar-refractivity contribution is -0.133. The molecule has 2 amide bonds. The van der Waals surface area contributed by atoms with Crippen LogP contribution < -0.4 is 10.1 Å². The highest BCUT2D eigenvalue weighted by Gasteiger charge is 2.28. The SMILES string of the molecule is CC(C)[C@H](NC(=O)c1ccco1)C(=O)N(C)CCOc1cccc(Cl)c1. The van der Waals surface area contributed by atoms with Crippen molar-refractivity contribution in [2.75, 3.05) is 20.2 Å². The molecule has 0 radical (unpaired) electrons. The summed E-state index contributed by atoms with van der Waals surface area (Å²) in [5.74, 6) is 0.151. The molecule has 2 aromatic rings. The number of ether oxygens (including phenoxy) is 1. The third-order valence-corrected chi connectivity index (χ3v) is 4.07. The summed E-state index contributed by atoms with van der Waals surface area (Å²) in [4.78, 5) is 26.4. The third-order valence-electron chi connectivity index (χ3n) is 3.83. The van der Waals surface area contributed by atoms with E-state index in [1.165, 1.54) is 11.2 Å². The van der Waals surface area contributed by atoms with Crippen molar-refractivity contribution >= 4 is 23.4 Å². The second kappa shape index (κ2) is 9.29. The highest BCUT2D eigenvalue weighted by Crippen LogP contribution is 2.17. The lowest BCUT2D eigenvalue weighted by atomic mass is 10.0. The first-order valence-electron chi connectivity index (χ1n) is 8.36. The van der Waals surface area contributed by atoms with Gasteiger partial charge in [0.2, 0.25) is 5.91 Å². The molecule has 1 aromatic carbocycles. The average molecular weight is 379 g/mol. The van der Waals surface area contributed by atoms with Gasteiger partial charge in [0, 0.05) is 12.1 Å². The van der Waals surface area contributed by atoms with Crippen LogP contribution in [0, 0.1) is 5.92 Å². The van der Waals surface area contributed by atoms with Crippen LogP contribution in [0.2, 0.25) is 5.02 Å². The molecular formula is C19H23ClN2O4. The Balaban J connectivity index is 1.89. The molecule has 1 atom stereocenters. The van der Waals surface area contributed by atoms with Crippen LogP contribution in [-0.4, -0.2) is 43.0 Å². The maximum Gasteiger partial charge on any atom is 0.287 e. The summed E-state index contributed by atoms with van der Waals surface area (Å²) in [6, 6.07) is 9.60. The molecule has 1 N–H and O–H groups in total. The van der Waals surface area contributed by atoms with Crippen LogP contribution in [0.4, 0.5) is 0 Å². The highest BCUT2D eigenvalue weighted by molar-refractivity contribution is 6.30. The number of benzene rings is 1. The van der Waals surface area contributed by atoms with Gasteiger partial charge in [-0.05, 0) is 36.2 Å². The Bertz CT molecular complexity index is 731. The predicted molar refractivity (Wildman–Crippen MR) is 99.4 cm³/mol. The number of hydrogen-bond donors (Lipinski definition) is 1. The zero-order valence-corrected chi connectivity index (χ0v) is 15.8. The van der Waals surface area contributed by atoms with Gasteiger partial charge in [-0.15, -0.1) is 0 Å². The minimum absolute atomic E-state index is 0.0716. The van der Waals surface area contributed by atoms with Crippen molar-refractivity contribution in [2.24, 2.45) is 5.92 Å². The number of hydrogen-bond acceptors (Lipinski definition) is 4. The van der Waals surface area contributed by atoms with E-state index in [1.54, 1.807) is 43.4 Å². The van der Waals surface area contributed by atoms with Gasteiger partial charge >= 0.3 is 0 Å². The fraction of sp³-hybridized carbons (Fsp3) is 0.368. The predicted octanol–water partition coefficient (Wildman–Crippen LogP) is 3.22. The van der Waals surface area contributed by atoms with Crippen LogP contribution in [-0.2, 0) is 4.79 Å². The van der Waals surface area contributed by atoms with Crippen LogP contribution >= 0.6 is 11.6 Å². The number of carbonyl (C=O) groups excluding carboxylic acids is 2. The lowest BCUT2D eigenvalue weighted by Gasteiger charge is -2.26. The highest BCUT2D eigenvalue weighted by atomic mass is 35.5. The molecule has 0 fully saturated rings. The van der Waals surface area contributed by atoms with Crippen molar-refractivity contribution in [1.29, 1.82) is 0 Å². The molecule has 0 unspecified atom stereocenters. The molecule has 0 aliphatic carbocycles. The van der Waals surface area contributed by atoms with Gasteiger partial charge in [0.25, 0.3) is 5.91 Å². The van der Waals surface area contributed by atoms with Crippen molar-refractivity contribution in [3.8, 4) is 5.75 Å². The second-order valence-electron chi connectivity index (χ2n) is 6.24. The molecule has 140 valence electrons. The number of nitrogens with zero attached hydrogens (tertiary/aromatic N) is 1. The molecule has 1 aromatic heterocycles. The molecule has 0 aliphatic heterocycles. The van der Waals surface area contributed by atoms with Gasteiger partial charge in [-0.3, -0.25) is 9.59 Å². The van der Waals surface area contributed by atoms with Gasteiger partial charge in [-0.25, -0.2) is 0 Å². The minimum Gasteiger partial charge on any atom is -0.492 e. The van der Waals surface area contributed by atoms with Gasteiger partial charge in [0.15, 0.2) is 5.76 Å². The van der Waals surface area contributed by atoms with E-state index in [-0.39, 0.29) is 17.6 Å². The maximum atomic E-state index is 12.7. The molecule has 2 rings (SSSR count). The quantitative estimate of drug-likeness (QED) is 0.765. The van der Waals surface area contributed by atoms with Crippen molar-refractivity contribution in [1.82, 2.24) is 10.2 Å². The zero-order valence-electron chi connectivity index (χ0n) is 15.1. The van der Waals surface area contributed by atoms with E-state index in [0.29, 0.717) is 23.9 Å². The van der Waals surface area contributed by atoms with Gasteiger partial charge in [0.05, 0.1) is 12.8 Å². The smallest absolute Gasteiger partial charge is 0.287 e. The third kappa shape index (κ3) is 5.52. The molecule has 0 saturated heterocycles. The Labute approximate surface area is 158 Å². The normalized spacial score (nSPS) is 11.9. The second-order valence-corrected chi connectivity index (χ2v) is 6.67. The van der Waals surface area contributed by atoms with Crippen LogP contribution in [0.5, 0.6) is 5.75 Å². The standard InChI is InChI=1S/C19H23ClN2O4/c1-13(2)17(21-18(23)16-8-5-10-26-16)19(24)22(3)9-11-25-15-7-4-6-14(20)12-15/h4-8,10,12-13,17H,9,11H2,1-3H3,(H,21,23)/t17-/m0/s1.